The number of aromatic nitrogens is 4. The minimum Gasteiger partial charge on any atom is -0.383 e. The van der Waals surface area contributed by atoms with Crippen molar-refractivity contribution in [1.82, 2.24) is 29.7 Å². The zero-order valence-electron chi connectivity index (χ0n) is 20.7. The molecule has 5 aromatic rings. The minimum atomic E-state index is 0.445. The van der Waals surface area contributed by atoms with Crippen LogP contribution < -0.4 is 11.1 Å². The van der Waals surface area contributed by atoms with Crippen LogP contribution in [0.1, 0.15) is 19.4 Å². The van der Waals surface area contributed by atoms with E-state index in [1.54, 1.807) is 6.20 Å². The van der Waals surface area contributed by atoms with Gasteiger partial charge in [-0.25, -0.2) is 15.0 Å². The first kappa shape index (κ1) is 23.7. The van der Waals surface area contributed by atoms with E-state index in [2.05, 4.69) is 56.2 Å². The third-order valence-corrected chi connectivity index (χ3v) is 6.19. The van der Waals surface area contributed by atoms with E-state index in [4.69, 9.17) is 15.7 Å². The van der Waals surface area contributed by atoms with E-state index in [9.17, 15) is 0 Å². The number of fused-ring (bicyclic) bond motifs is 1. The van der Waals surface area contributed by atoms with Crippen molar-refractivity contribution in [3.63, 3.8) is 0 Å². The van der Waals surface area contributed by atoms with Crippen LogP contribution in [0, 0.1) is 0 Å². The van der Waals surface area contributed by atoms with Gasteiger partial charge in [-0.05, 0) is 42.0 Å². The summed E-state index contributed by atoms with van der Waals surface area (Å²) in [6.07, 6.45) is 1.69. The van der Waals surface area contributed by atoms with Gasteiger partial charge in [0.2, 0.25) is 0 Å². The maximum absolute atomic E-state index is 6.26. The van der Waals surface area contributed by atoms with Crippen molar-refractivity contribution in [2.75, 3.05) is 25.5 Å². The molecule has 0 atom stereocenters. The van der Waals surface area contributed by atoms with E-state index >= 15 is 0 Å². The number of nitrogens with zero attached hydrogens (tertiary/aromatic N) is 5. The predicted octanol–water partition coefficient (Wildman–Crippen LogP) is 5.12. The quantitative estimate of drug-likeness (QED) is 0.365. The maximum Gasteiger partial charge on any atom is 0.165 e. The average Bonchev–Trinajstić information content (AvgIpc) is 3.58. The summed E-state index contributed by atoms with van der Waals surface area (Å²) in [7, 11) is 0. The summed E-state index contributed by atoms with van der Waals surface area (Å²) in [5.41, 5.74) is 12.9. The zero-order chi connectivity index (χ0) is 24.9. The van der Waals surface area contributed by atoms with Crippen molar-refractivity contribution in [2.24, 2.45) is 0 Å². The average molecular weight is 478 g/mol. The van der Waals surface area contributed by atoms with Gasteiger partial charge in [-0.1, -0.05) is 56.3 Å². The lowest BCUT2D eigenvalue weighted by Crippen LogP contribution is -2.21. The molecule has 36 heavy (non-hydrogen) atoms. The lowest BCUT2D eigenvalue weighted by atomic mass is 10.1. The number of nitrogens with two attached hydrogens (primary N) is 1. The number of hydrogen-bond donors (Lipinski definition) is 2. The van der Waals surface area contributed by atoms with Gasteiger partial charge in [-0.15, -0.1) is 0 Å². The Morgan fingerprint density at radius 1 is 0.889 bits per heavy atom. The number of anilines is 1. The smallest absolute Gasteiger partial charge is 0.165 e. The highest BCUT2D eigenvalue weighted by Gasteiger charge is 2.19. The molecule has 4 heterocycles. The molecule has 1 aliphatic heterocycles. The normalized spacial score (nSPS) is 13.5. The van der Waals surface area contributed by atoms with Crippen molar-refractivity contribution < 1.29 is 0 Å². The first-order valence-electron chi connectivity index (χ1n) is 12.4. The number of pyridine rings is 2. The molecule has 7 heteroatoms. The van der Waals surface area contributed by atoms with Crippen LogP contribution in [0.25, 0.3) is 39.5 Å². The fraction of sp³-hybridized carbons (Fsp3) is 0.207. The third-order valence-electron chi connectivity index (χ3n) is 6.19. The van der Waals surface area contributed by atoms with Gasteiger partial charge in [-0.2, -0.15) is 0 Å². The van der Waals surface area contributed by atoms with E-state index in [1.165, 1.54) is 5.56 Å². The summed E-state index contributed by atoms with van der Waals surface area (Å²) < 4.78 is 2.08. The lowest BCUT2D eigenvalue weighted by molar-refractivity contribution is 0.327. The van der Waals surface area contributed by atoms with Gasteiger partial charge in [0.05, 0.1) is 11.3 Å². The SMILES string of the molecule is CC.Nc1ncccc1-c1nc2ccc(-c3ccccc3)nc2n1-c1ccc(CN2CCNC2)cc1. The van der Waals surface area contributed by atoms with Gasteiger partial charge in [0, 0.05) is 43.8 Å². The molecule has 0 bridgehead atoms. The molecular formula is C29H31N7. The van der Waals surface area contributed by atoms with Crippen LogP contribution in [0.5, 0.6) is 0 Å². The van der Waals surface area contributed by atoms with Crippen LogP contribution in [-0.2, 0) is 6.54 Å². The summed E-state index contributed by atoms with van der Waals surface area (Å²) >= 11 is 0. The van der Waals surface area contributed by atoms with Crippen molar-refractivity contribution >= 4 is 17.0 Å². The molecule has 3 aromatic heterocycles. The molecule has 1 fully saturated rings. The lowest BCUT2D eigenvalue weighted by Gasteiger charge is -2.15. The summed E-state index contributed by atoms with van der Waals surface area (Å²) in [6.45, 7) is 7.98. The number of benzene rings is 2. The topological polar surface area (TPSA) is 84.9 Å². The molecule has 0 radical (unpaired) electrons. The van der Waals surface area contributed by atoms with E-state index in [0.717, 1.165) is 65.8 Å². The van der Waals surface area contributed by atoms with Crippen LogP contribution in [0.4, 0.5) is 5.82 Å². The molecule has 0 spiro atoms. The highest BCUT2D eigenvalue weighted by atomic mass is 15.3. The molecule has 2 aromatic carbocycles. The Morgan fingerprint density at radius 2 is 1.69 bits per heavy atom. The largest absolute Gasteiger partial charge is 0.383 e. The molecule has 0 amide bonds. The van der Waals surface area contributed by atoms with Crippen LogP contribution >= 0.6 is 0 Å². The molecule has 0 saturated carbocycles. The first-order valence-corrected chi connectivity index (χ1v) is 12.4. The molecule has 1 saturated heterocycles. The molecule has 1 aliphatic rings. The predicted molar refractivity (Wildman–Crippen MR) is 147 cm³/mol. The molecule has 3 N–H and O–H groups in total. The van der Waals surface area contributed by atoms with Gasteiger partial charge >= 0.3 is 0 Å². The van der Waals surface area contributed by atoms with Crippen LogP contribution in [0.3, 0.4) is 0 Å². The second kappa shape index (κ2) is 10.7. The van der Waals surface area contributed by atoms with E-state index in [0.29, 0.717) is 5.82 Å². The molecule has 0 aliphatic carbocycles. The summed E-state index contributed by atoms with van der Waals surface area (Å²) in [5, 5.41) is 3.38. The van der Waals surface area contributed by atoms with Gasteiger partial charge in [-0.3, -0.25) is 9.47 Å². The monoisotopic (exact) mass is 477 g/mol. The second-order valence-electron chi connectivity index (χ2n) is 8.49. The van der Waals surface area contributed by atoms with Crippen molar-refractivity contribution in [3.8, 4) is 28.3 Å². The molecule has 0 unspecified atom stereocenters. The number of nitrogens with one attached hydrogen (secondary N) is 1. The van der Waals surface area contributed by atoms with E-state index in [1.807, 2.05) is 56.3 Å². The zero-order valence-corrected chi connectivity index (χ0v) is 20.7. The van der Waals surface area contributed by atoms with E-state index in [-0.39, 0.29) is 0 Å². The van der Waals surface area contributed by atoms with Crippen LogP contribution in [0.2, 0.25) is 0 Å². The standard InChI is InChI=1S/C27H25N7.C2H6/c28-25-22(7-4-14-30-25)26-32-24-13-12-23(20-5-2-1-3-6-20)31-27(24)34(26)21-10-8-19(9-11-21)17-33-16-15-29-18-33;1-2/h1-14,29H,15-18H2,(H2,28,30);1-2H3. The maximum atomic E-state index is 6.26. The highest BCUT2D eigenvalue weighted by Crippen LogP contribution is 2.31. The fourth-order valence-electron chi connectivity index (χ4n) is 4.46. The van der Waals surface area contributed by atoms with Crippen molar-refractivity contribution in [3.05, 3.63) is 90.6 Å². The van der Waals surface area contributed by atoms with Crippen molar-refractivity contribution in [2.45, 2.75) is 20.4 Å². The summed E-state index contributed by atoms with van der Waals surface area (Å²) in [5.74, 6) is 1.18. The summed E-state index contributed by atoms with van der Waals surface area (Å²) in [6, 6.07) is 26.7. The Hall–Kier alpha value is -4.07. The first-order chi connectivity index (χ1) is 17.8. The number of nitrogen functional groups attached to an aromatic ring is 1. The Labute approximate surface area is 211 Å². The Balaban J connectivity index is 0.00000130. The summed E-state index contributed by atoms with van der Waals surface area (Å²) in [4.78, 5) is 16.6. The van der Waals surface area contributed by atoms with Crippen LogP contribution in [-0.4, -0.2) is 44.2 Å². The second-order valence-corrected chi connectivity index (χ2v) is 8.49. The van der Waals surface area contributed by atoms with Crippen molar-refractivity contribution in [1.29, 1.82) is 0 Å². The molecular weight excluding hydrogens is 446 g/mol. The van der Waals surface area contributed by atoms with Gasteiger partial charge < -0.3 is 11.1 Å². The van der Waals surface area contributed by atoms with Gasteiger partial charge in [0.25, 0.3) is 0 Å². The third kappa shape index (κ3) is 4.71. The molecule has 7 nitrogen and oxygen atoms in total. The fourth-order valence-corrected chi connectivity index (χ4v) is 4.46. The number of imidazole rings is 1. The van der Waals surface area contributed by atoms with Gasteiger partial charge in [0.1, 0.15) is 11.3 Å². The molecule has 182 valence electrons. The Kier molecular flexibility index (Phi) is 7.02. The Morgan fingerprint density at radius 3 is 2.42 bits per heavy atom. The van der Waals surface area contributed by atoms with Gasteiger partial charge in [0.15, 0.2) is 11.5 Å². The van der Waals surface area contributed by atoms with E-state index < -0.39 is 0 Å². The Bertz CT molecular complexity index is 1440. The minimum absolute atomic E-state index is 0.445. The highest BCUT2D eigenvalue weighted by molar-refractivity contribution is 5.84. The van der Waals surface area contributed by atoms with Crippen LogP contribution in [0.15, 0.2) is 85.1 Å². The number of hydrogen-bond acceptors (Lipinski definition) is 6. The molecule has 6 rings (SSSR count). The number of rotatable bonds is 5.